The molecule has 0 aromatic carbocycles. The molecule has 3 aromatic rings. The number of aliphatic hydroxyl groups excluding tert-OH is 1. The molecule has 0 saturated heterocycles. The first kappa shape index (κ1) is 21.8. The molecular formula is C19H25F2N7O2. The first-order chi connectivity index (χ1) is 14.2. The Bertz CT molecular complexity index is 1010. The fraction of sp³-hybridized carbons (Fsp3) is 0.474. The molecule has 0 aliphatic heterocycles. The van der Waals surface area contributed by atoms with Crippen LogP contribution in [0.4, 0.5) is 26.4 Å². The number of anilines is 3. The first-order valence-corrected chi connectivity index (χ1v) is 9.57. The average Bonchev–Trinajstić information content (AvgIpc) is 3.02. The average molecular weight is 421 g/mol. The summed E-state index contributed by atoms with van der Waals surface area (Å²) in [6.45, 7) is 6.69. The van der Waals surface area contributed by atoms with Crippen LogP contribution in [0.25, 0.3) is 11.0 Å². The molecule has 30 heavy (non-hydrogen) atoms. The van der Waals surface area contributed by atoms with Crippen molar-refractivity contribution in [3.8, 4) is 0 Å². The normalized spacial score (nSPS) is 13.1. The fourth-order valence-corrected chi connectivity index (χ4v) is 3.05. The van der Waals surface area contributed by atoms with Gasteiger partial charge in [0.05, 0.1) is 18.3 Å². The minimum Gasteiger partial charge on any atom is -0.363 e. The van der Waals surface area contributed by atoms with E-state index < -0.39 is 18.8 Å². The molecule has 0 bridgehead atoms. The maximum absolute atomic E-state index is 13.9. The van der Waals surface area contributed by atoms with Gasteiger partial charge in [-0.25, -0.2) is 15.0 Å². The third kappa shape index (κ3) is 4.79. The molecule has 9 nitrogen and oxygen atoms in total. The van der Waals surface area contributed by atoms with E-state index in [-0.39, 0.29) is 18.6 Å². The number of halogens is 2. The van der Waals surface area contributed by atoms with E-state index in [9.17, 15) is 13.9 Å². The van der Waals surface area contributed by atoms with Gasteiger partial charge < -0.3 is 25.0 Å². The number of imidazole rings is 1. The van der Waals surface area contributed by atoms with E-state index in [1.165, 1.54) is 13.1 Å². The number of hydrogen-bond acceptors (Lipinski definition) is 8. The zero-order valence-electron chi connectivity index (χ0n) is 17.2. The Labute approximate surface area is 172 Å². The van der Waals surface area contributed by atoms with Crippen LogP contribution in [0.3, 0.4) is 0 Å². The largest absolute Gasteiger partial charge is 0.363 e. The third-order valence-electron chi connectivity index (χ3n) is 4.35. The van der Waals surface area contributed by atoms with Gasteiger partial charge in [0.2, 0.25) is 12.2 Å². The Morgan fingerprint density at radius 2 is 2.00 bits per heavy atom. The van der Waals surface area contributed by atoms with Crippen LogP contribution in [-0.2, 0) is 4.74 Å². The molecule has 1 atom stereocenters. The molecule has 0 spiro atoms. The van der Waals surface area contributed by atoms with Gasteiger partial charge in [-0.05, 0) is 33.8 Å². The quantitative estimate of drug-likeness (QED) is 0.452. The highest BCUT2D eigenvalue weighted by molar-refractivity contribution is 5.79. The van der Waals surface area contributed by atoms with E-state index in [2.05, 4.69) is 53.7 Å². The summed E-state index contributed by atoms with van der Waals surface area (Å²) < 4.78 is 34.4. The molecule has 0 aliphatic rings. The zero-order chi connectivity index (χ0) is 21.9. The van der Waals surface area contributed by atoms with E-state index in [1.807, 2.05) is 13.0 Å². The van der Waals surface area contributed by atoms with Crippen molar-refractivity contribution < 1.29 is 18.6 Å². The van der Waals surface area contributed by atoms with E-state index in [4.69, 9.17) is 0 Å². The van der Waals surface area contributed by atoms with Gasteiger partial charge in [-0.2, -0.15) is 13.8 Å². The molecule has 3 heterocycles. The summed E-state index contributed by atoms with van der Waals surface area (Å²) in [5.41, 5.74) is 1.71. The van der Waals surface area contributed by atoms with Crippen LogP contribution in [0.2, 0.25) is 0 Å². The Morgan fingerprint density at radius 3 is 2.70 bits per heavy atom. The number of rotatable bonds is 9. The van der Waals surface area contributed by atoms with Gasteiger partial charge >= 0.3 is 5.92 Å². The summed E-state index contributed by atoms with van der Waals surface area (Å²) >= 11 is 0. The second kappa shape index (κ2) is 8.84. The number of aliphatic hydroxyl groups is 1. The number of fused-ring (bicyclic) bond motifs is 1. The zero-order valence-corrected chi connectivity index (χ0v) is 17.2. The molecule has 11 heteroatoms. The van der Waals surface area contributed by atoms with E-state index in [0.717, 1.165) is 16.9 Å². The van der Waals surface area contributed by atoms with Crippen LogP contribution < -0.4 is 10.6 Å². The van der Waals surface area contributed by atoms with Crippen molar-refractivity contribution in [1.29, 1.82) is 0 Å². The molecule has 3 rings (SSSR count). The van der Waals surface area contributed by atoms with Crippen LogP contribution in [0.1, 0.15) is 32.6 Å². The fourth-order valence-electron chi connectivity index (χ4n) is 3.05. The lowest BCUT2D eigenvalue weighted by atomic mass is 10.3. The molecule has 0 fully saturated rings. The molecule has 0 amide bonds. The van der Waals surface area contributed by atoms with Crippen molar-refractivity contribution in [2.24, 2.45) is 0 Å². The van der Waals surface area contributed by atoms with E-state index >= 15 is 0 Å². The van der Waals surface area contributed by atoms with Crippen molar-refractivity contribution in [2.45, 2.75) is 45.9 Å². The van der Waals surface area contributed by atoms with Crippen molar-refractivity contribution in [3.63, 3.8) is 0 Å². The molecular weight excluding hydrogens is 396 g/mol. The number of nitrogens with zero attached hydrogens (tertiary/aromatic N) is 5. The summed E-state index contributed by atoms with van der Waals surface area (Å²) in [5, 5.41) is 14.8. The molecule has 3 aromatic heterocycles. The molecule has 162 valence electrons. The molecule has 0 radical (unpaired) electrons. The minimum absolute atomic E-state index is 0.0208. The number of alkyl halides is 2. The number of pyridine rings is 1. The molecule has 1 unspecified atom stereocenters. The van der Waals surface area contributed by atoms with Gasteiger partial charge in [-0.1, -0.05) is 0 Å². The van der Waals surface area contributed by atoms with Gasteiger partial charge in [0, 0.05) is 24.9 Å². The smallest absolute Gasteiger partial charge is 0.314 e. The van der Waals surface area contributed by atoms with Crippen LogP contribution in [0.5, 0.6) is 0 Å². The lowest BCUT2D eigenvalue weighted by molar-refractivity contribution is -0.225. The van der Waals surface area contributed by atoms with Gasteiger partial charge in [0.25, 0.3) is 0 Å². The summed E-state index contributed by atoms with van der Waals surface area (Å²) in [5.74, 6) is -1.72. The first-order valence-electron chi connectivity index (χ1n) is 9.57. The summed E-state index contributed by atoms with van der Waals surface area (Å²) in [7, 11) is 0. The minimum atomic E-state index is -3.50. The van der Waals surface area contributed by atoms with Crippen LogP contribution in [0, 0.1) is 6.92 Å². The predicted octanol–water partition coefficient (Wildman–Crippen LogP) is 3.26. The summed E-state index contributed by atoms with van der Waals surface area (Å²) in [4.78, 5) is 16.9. The van der Waals surface area contributed by atoms with Crippen molar-refractivity contribution in [1.82, 2.24) is 24.5 Å². The lowest BCUT2D eigenvalue weighted by Gasteiger charge is -2.22. The number of hydrogen-bond donors (Lipinski definition) is 3. The van der Waals surface area contributed by atoms with Crippen molar-refractivity contribution in [2.75, 3.05) is 23.8 Å². The second-order valence-corrected chi connectivity index (χ2v) is 6.99. The highest BCUT2D eigenvalue weighted by Gasteiger charge is 2.39. The van der Waals surface area contributed by atoms with Crippen molar-refractivity contribution >= 4 is 28.6 Å². The number of nitrogens with one attached hydrogen (secondary N) is 2. The second-order valence-electron chi connectivity index (χ2n) is 6.99. The SMILES string of the molecule is CCOC(O)C(F)(F)CNc1nccc(Nc2cc3c(cn2)nc(C)n3C(C)C)n1. The number of aryl methyl sites for hydroxylation is 1. The Balaban J connectivity index is 1.74. The molecule has 0 aliphatic carbocycles. The van der Waals surface area contributed by atoms with Crippen molar-refractivity contribution in [3.05, 3.63) is 30.4 Å². The highest BCUT2D eigenvalue weighted by atomic mass is 19.3. The summed E-state index contributed by atoms with van der Waals surface area (Å²) in [6.07, 6.45) is 0.886. The monoisotopic (exact) mass is 421 g/mol. The lowest BCUT2D eigenvalue weighted by Crippen LogP contribution is -2.41. The highest BCUT2D eigenvalue weighted by Crippen LogP contribution is 2.24. The van der Waals surface area contributed by atoms with Crippen LogP contribution in [-0.4, -0.2) is 55.0 Å². The maximum atomic E-state index is 13.9. The van der Waals surface area contributed by atoms with Gasteiger partial charge in [0.15, 0.2) is 0 Å². The Kier molecular flexibility index (Phi) is 6.42. The Morgan fingerprint density at radius 1 is 1.23 bits per heavy atom. The third-order valence-corrected chi connectivity index (χ3v) is 4.35. The number of ether oxygens (including phenoxy) is 1. The standard InChI is InChI=1S/C19H25F2N7O2/c1-5-30-17(29)19(20,21)10-24-18-22-7-6-15(27-18)26-16-8-14-13(9-23-16)25-12(4)28(14)11(2)3/h6-9,11,17,29H,5,10H2,1-4H3,(H2,22,23,24,26,27). The van der Waals surface area contributed by atoms with Gasteiger partial charge in [-0.3, -0.25) is 0 Å². The van der Waals surface area contributed by atoms with E-state index in [1.54, 1.807) is 12.3 Å². The number of aromatic nitrogens is 5. The van der Waals surface area contributed by atoms with E-state index in [0.29, 0.717) is 11.6 Å². The maximum Gasteiger partial charge on any atom is 0.314 e. The predicted molar refractivity (Wildman–Crippen MR) is 109 cm³/mol. The molecule has 0 saturated carbocycles. The van der Waals surface area contributed by atoms with Crippen LogP contribution >= 0.6 is 0 Å². The summed E-state index contributed by atoms with van der Waals surface area (Å²) in [6, 6.07) is 3.68. The topological polar surface area (TPSA) is 110 Å². The van der Waals surface area contributed by atoms with Crippen LogP contribution in [0.15, 0.2) is 24.5 Å². The Hall–Kier alpha value is -2.92. The molecule has 3 N–H and O–H groups in total. The van der Waals surface area contributed by atoms with Gasteiger partial charge in [-0.15, -0.1) is 0 Å². The van der Waals surface area contributed by atoms with Gasteiger partial charge in [0.1, 0.15) is 23.0 Å².